The van der Waals surface area contributed by atoms with E-state index in [-0.39, 0.29) is 18.1 Å². The highest BCUT2D eigenvalue weighted by Gasteiger charge is 2.39. The lowest BCUT2D eigenvalue weighted by atomic mass is 10.1. The normalized spacial score (nSPS) is 23.8. The molecule has 3 unspecified atom stereocenters. The zero-order valence-corrected chi connectivity index (χ0v) is 14.8. The lowest BCUT2D eigenvalue weighted by Crippen LogP contribution is -2.32. The van der Waals surface area contributed by atoms with Crippen LogP contribution in [0.5, 0.6) is 0 Å². The van der Waals surface area contributed by atoms with E-state index in [1.54, 1.807) is 11.3 Å². The number of thioether (sulfide) groups is 1. The maximum atomic E-state index is 12.7. The van der Waals surface area contributed by atoms with Crippen molar-refractivity contribution in [3.05, 3.63) is 22.4 Å². The molecule has 1 N–H and O–H groups in total. The molecule has 21 heavy (non-hydrogen) atoms. The van der Waals surface area contributed by atoms with Gasteiger partial charge in [-0.2, -0.15) is 11.8 Å². The van der Waals surface area contributed by atoms with Gasteiger partial charge in [0.1, 0.15) is 6.17 Å². The van der Waals surface area contributed by atoms with Gasteiger partial charge >= 0.3 is 0 Å². The van der Waals surface area contributed by atoms with Gasteiger partial charge in [-0.25, -0.2) is 0 Å². The molecule has 1 saturated heterocycles. The summed E-state index contributed by atoms with van der Waals surface area (Å²) < 4.78 is 0. The molecule has 1 fully saturated rings. The molecule has 1 amide bonds. The van der Waals surface area contributed by atoms with Crippen LogP contribution in [0.1, 0.15) is 50.6 Å². The number of nitrogens with zero attached hydrogens (tertiary/aromatic N) is 1. The van der Waals surface area contributed by atoms with Crippen molar-refractivity contribution in [3.8, 4) is 0 Å². The van der Waals surface area contributed by atoms with E-state index < -0.39 is 0 Å². The molecule has 1 aliphatic rings. The summed E-state index contributed by atoms with van der Waals surface area (Å²) in [5.41, 5.74) is 0. The van der Waals surface area contributed by atoms with Crippen LogP contribution in [0.15, 0.2) is 17.5 Å². The smallest absolute Gasteiger partial charge is 0.241 e. The second-order valence-corrected chi connectivity index (χ2v) is 7.90. The van der Waals surface area contributed by atoms with Crippen molar-refractivity contribution in [2.75, 3.05) is 12.8 Å². The molecule has 1 aliphatic heterocycles. The second kappa shape index (κ2) is 8.20. The van der Waals surface area contributed by atoms with E-state index in [0.29, 0.717) is 5.25 Å². The maximum absolute atomic E-state index is 12.7. The zero-order valence-electron chi connectivity index (χ0n) is 13.2. The molecule has 0 aliphatic carbocycles. The summed E-state index contributed by atoms with van der Waals surface area (Å²) in [6.45, 7) is 5.25. The van der Waals surface area contributed by atoms with E-state index in [2.05, 4.69) is 47.8 Å². The molecule has 3 nitrogen and oxygen atoms in total. The van der Waals surface area contributed by atoms with Crippen LogP contribution in [-0.4, -0.2) is 34.9 Å². The van der Waals surface area contributed by atoms with Crippen molar-refractivity contribution in [1.82, 2.24) is 10.2 Å². The molecule has 0 spiro atoms. The average molecular weight is 327 g/mol. The quantitative estimate of drug-likeness (QED) is 0.787. The standard InChI is InChI=1S/C16H26N2OS2/c1-4-5-7-13-16(19)18(10-9-12(2)20-3)15(17-13)14-8-6-11-21-14/h6,8,11-13,15,17H,4-5,7,9-10H2,1-3H3. The van der Waals surface area contributed by atoms with E-state index in [1.807, 2.05) is 11.8 Å². The van der Waals surface area contributed by atoms with Crippen LogP contribution in [0.3, 0.4) is 0 Å². The van der Waals surface area contributed by atoms with Gasteiger partial charge in [-0.05, 0) is 30.5 Å². The Balaban J connectivity index is 2.06. The Labute approximate surface area is 136 Å². The Bertz CT molecular complexity index is 435. The van der Waals surface area contributed by atoms with Crippen molar-refractivity contribution >= 4 is 29.0 Å². The monoisotopic (exact) mass is 326 g/mol. The summed E-state index contributed by atoms with van der Waals surface area (Å²) in [5, 5.41) is 6.23. The van der Waals surface area contributed by atoms with E-state index >= 15 is 0 Å². The molecule has 0 aromatic carbocycles. The van der Waals surface area contributed by atoms with Gasteiger partial charge in [0.15, 0.2) is 0 Å². The van der Waals surface area contributed by atoms with E-state index in [9.17, 15) is 4.79 Å². The first-order valence-corrected chi connectivity index (χ1v) is 9.96. The third kappa shape index (κ3) is 4.24. The minimum absolute atomic E-state index is 0.00151. The number of carbonyl (C=O) groups is 1. The SMILES string of the molecule is CCCCC1NC(c2cccs2)N(CCC(C)SC)C1=O. The van der Waals surface area contributed by atoms with Gasteiger partial charge in [0, 0.05) is 16.7 Å². The molecule has 2 heterocycles. The first-order valence-electron chi connectivity index (χ1n) is 7.80. The Kier molecular flexibility index (Phi) is 6.58. The van der Waals surface area contributed by atoms with Gasteiger partial charge < -0.3 is 4.90 Å². The fraction of sp³-hybridized carbons (Fsp3) is 0.688. The van der Waals surface area contributed by atoms with Crippen LogP contribution in [-0.2, 0) is 4.79 Å². The lowest BCUT2D eigenvalue weighted by molar-refractivity contribution is -0.130. The zero-order chi connectivity index (χ0) is 15.2. The Morgan fingerprint density at radius 1 is 1.52 bits per heavy atom. The molecule has 5 heteroatoms. The summed E-state index contributed by atoms with van der Waals surface area (Å²) in [6.07, 6.45) is 6.46. The van der Waals surface area contributed by atoms with Crippen LogP contribution >= 0.6 is 23.1 Å². The van der Waals surface area contributed by atoms with Crippen LogP contribution < -0.4 is 5.32 Å². The van der Waals surface area contributed by atoms with Gasteiger partial charge in [0.2, 0.25) is 5.91 Å². The number of rotatable bonds is 8. The molecule has 1 aromatic heterocycles. The third-order valence-electron chi connectivity index (χ3n) is 4.09. The van der Waals surface area contributed by atoms with Gasteiger partial charge in [-0.3, -0.25) is 10.1 Å². The number of hydrogen-bond acceptors (Lipinski definition) is 4. The Hall–Kier alpha value is -0.520. The number of hydrogen-bond donors (Lipinski definition) is 1. The van der Waals surface area contributed by atoms with Crippen molar-refractivity contribution in [2.24, 2.45) is 0 Å². The summed E-state index contributed by atoms with van der Waals surface area (Å²) in [7, 11) is 0. The molecule has 0 saturated carbocycles. The number of nitrogens with one attached hydrogen (secondary N) is 1. The maximum Gasteiger partial charge on any atom is 0.241 e. The first kappa shape index (κ1) is 16.8. The van der Waals surface area contributed by atoms with Gasteiger partial charge in [0.25, 0.3) is 0 Å². The molecule has 0 bridgehead atoms. The van der Waals surface area contributed by atoms with Crippen LogP contribution in [0.2, 0.25) is 0 Å². The molecule has 3 atom stereocenters. The highest BCUT2D eigenvalue weighted by molar-refractivity contribution is 7.99. The first-order chi connectivity index (χ1) is 10.2. The Morgan fingerprint density at radius 3 is 2.95 bits per heavy atom. The number of unbranched alkanes of at least 4 members (excludes halogenated alkanes) is 1. The minimum Gasteiger partial charge on any atom is -0.321 e. The van der Waals surface area contributed by atoms with Crippen molar-refractivity contribution in [1.29, 1.82) is 0 Å². The topological polar surface area (TPSA) is 32.3 Å². The fourth-order valence-electron chi connectivity index (χ4n) is 2.65. The summed E-state index contributed by atoms with van der Waals surface area (Å²) in [6, 6.07) is 4.19. The Morgan fingerprint density at radius 2 is 2.33 bits per heavy atom. The second-order valence-electron chi connectivity index (χ2n) is 5.65. The highest BCUT2D eigenvalue weighted by atomic mass is 32.2. The van der Waals surface area contributed by atoms with E-state index in [1.165, 1.54) is 4.88 Å². The molecule has 1 aromatic rings. The lowest BCUT2D eigenvalue weighted by Gasteiger charge is -2.24. The predicted octanol–water partition coefficient (Wildman–Crippen LogP) is 3.88. The molecular weight excluding hydrogens is 300 g/mol. The van der Waals surface area contributed by atoms with Crippen molar-refractivity contribution in [3.63, 3.8) is 0 Å². The van der Waals surface area contributed by atoms with Gasteiger partial charge in [-0.1, -0.05) is 32.8 Å². The van der Waals surface area contributed by atoms with Crippen LogP contribution in [0.25, 0.3) is 0 Å². The number of thiophene rings is 1. The van der Waals surface area contributed by atoms with Gasteiger partial charge in [0.05, 0.1) is 6.04 Å². The largest absolute Gasteiger partial charge is 0.321 e. The van der Waals surface area contributed by atoms with Gasteiger partial charge in [-0.15, -0.1) is 11.3 Å². The van der Waals surface area contributed by atoms with Crippen molar-refractivity contribution < 1.29 is 4.79 Å². The molecular formula is C16H26N2OS2. The summed E-state index contributed by atoms with van der Waals surface area (Å²) in [4.78, 5) is 16.0. The minimum atomic E-state index is 0.00151. The molecule has 118 valence electrons. The fourth-order valence-corrected chi connectivity index (χ4v) is 3.79. The van der Waals surface area contributed by atoms with E-state index in [0.717, 1.165) is 32.2 Å². The number of carbonyl (C=O) groups excluding carboxylic acids is 1. The predicted molar refractivity (Wildman–Crippen MR) is 92.8 cm³/mol. The summed E-state index contributed by atoms with van der Waals surface area (Å²) >= 11 is 3.60. The molecule has 0 radical (unpaired) electrons. The third-order valence-corrected chi connectivity index (χ3v) is 6.05. The van der Waals surface area contributed by atoms with Crippen LogP contribution in [0, 0.1) is 0 Å². The number of amides is 1. The molecule has 2 rings (SSSR count). The van der Waals surface area contributed by atoms with Crippen LogP contribution in [0.4, 0.5) is 0 Å². The average Bonchev–Trinajstić information content (AvgIpc) is 3.11. The van der Waals surface area contributed by atoms with Crippen molar-refractivity contribution in [2.45, 2.75) is 57.0 Å². The summed E-state index contributed by atoms with van der Waals surface area (Å²) in [5.74, 6) is 0.287. The van der Waals surface area contributed by atoms with E-state index in [4.69, 9.17) is 0 Å². The highest BCUT2D eigenvalue weighted by Crippen LogP contribution is 2.30.